The molecule has 0 amide bonds. The van der Waals surface area contributed by atoms with E-state index in [2.05, 4.69) is 20.6 Å². The van der Waals surface area contributed by atoms with Crippen molar-refractivity contribution in [1.29, 1.82) is 0 Å². The molecule has 0 saturated carbocycles. The van der Waals surface area contributed by atoms with Crippen molar-refractivity contribution in [3.8, 4) is 0 Å². The first-order valence-electron chi connectivity index (χ1n) is 7.35. The van der Waals surface area contributed by atoms with Crippen molar-refractivity contribution in [2.75, 3.05) is 39.3 Å². The van der Waals surface area contributed by atoms with Gasteiger partial charge in [0.25, 0.3) is 0 Å². The Hall–Kier alpha value is -1.67. The van der Waals surface area contributed by atoms with Crippen molar-refractivity contribution in [3.63, 3.8) is 0 Å². The van der Waals surface area contributed by atoms with E-state index in [4.69, 9.17) is 40.5 Å². The minimum atomic E-state index is -4.67. The fourth-order valence-corrected chi connectivity index (χ4v) is 1.41. The Morgan fingerprint density at radius 3 is 1.33 bits per heavy atom. The van der Waals surface area contributed by atoms with Crippen LogP contribution in [0.25, 0.3) is 0 Å². The molecule has 24 heavy (non-hydrogen) atoms. The van der Waals surface area contributed by atoms with Gasteiger partial charge in [-0.2, -0.15) is 8.42 Å². The van der Waals surface area contributed by atoms with E-state index in [0.717, 1.165) is 45.4 Å². The molecule has 144 valence electrons. The number of hydrogen-bond acceptors (Lipinski definition) is 6. The number of hydrogen-bond donors (Lipinski definition) is 8. The summed E-state index contributed by atoms with van der Waals surface area (Å²) in [6.45, 7) is 5.20. The fraction of sp³-hybridized carbons (Fsp3) is 0.818. The van der Waals surface area contributed by atoms with Gasteiger partial charge in [0, 0.05) is 13.1 Å². The average Bonchev–Trinajstić information content (AvgIpc) is 2.41. The van der Waals surface area contributed by atoms with Gasteiger partial charge in [-0.15, -0.1) is 0 Å². The molecule has 0 fully saturated rings. The highest BCUT2D eigenvalue weighted by Crippen LogP contribution is 1.81. The van der Waals surface area contributed by atoms with E-state index in [1.54, 1.807) is 0 Å². The van der Waals surface area contributed by atoms with Gasteiger partial charge in [0.1, 0.15) is 0 Å². The maximum absolute atomic E-state index is 8.74. The predicted octanol–water partition coefficient (Wildman–Crippen LogP) is -2.77. The summed E-state index contributed by atoms with van der Waals surface area (Å²) in [5.41, 5.74) is 20.9. The quantitative estimate of drug-likeness (QED) is 0.0762. The summed E-state index contributed by atoms with van der Waals surface area (Å²) >= 11 is 0. The van der Waals surface area contributed by atoms with Crippen LogP contribution in [0.4, 0.5) is 0 Å². The Bertz CT molecular complexity index is 413. The van der Waals surface area contributed by atoms with Crippen LogP contribution in [0.2, 0.25) is 0 Å². The third-order valence-corrected chi connectivity index (χ3v) is 2.32. The van der Waals surface area contributed by atoms with Crippen LogP contribution in [0.1, 0.15) is 19.3 Å². The Morgan fingerprint density at radius 2 is 1.04 bits per heavy atom. The van der Waals surface area contributed by atoms with Gasteiger partial charge in [0.05, 0.1) is 0 Å². The van der Waals surface area contributed by atoms with E-state index in [9.17, 15) is 0 Å². The van der Waals surface area contributed by atoms with E-state index in [1.807, 2.05) is 0 Å². The van der Waals surface area contributed by atoms with Crippen LogP contribution in [0, 0.1) is 0 Å². The summed E-state index contributed by atoms with van der Waals surface area (Å²) in [6.07, 6.45) is 2.98. The van der Waals surface area contributed by atoms with Crippen molar-refractivity contribution in [2.45, 2.75) is 19.3 Å². The first-order chi connectivity index (χ1) is 11.1. The van der Waals surface area contributed by atoms with Gasteiger partial charge in [-0.25, -0.2) is 0 Å². The summed E-state index contributed by atoms with van der Waals surface area (Å²) in [4.78, 5) is 7.81. The molecule has 0 heterocycles. The molecule has 0 aliphatic heterocycles. The molecule has 0 aromatic carbocycles. The molecule has 12 nitrogen and oxygen atoms in total. The van der Waals surface area contributed by atoms with E-state index in [1.165, 1.54) is 0 Å². The maximum atomic E-state index is 8.74. The van der Waals surface area contributed by atoms with Crippen molar-refractivity contribution < 1.29 is 17.5 Å². The van der Waals surface area contributed by atoms with Gasteiger partial charge >= 0.3 is 10.4 Å². The van der Waals surface area contributed by atoms with Crippen LogP contribution in [0.15, 0.2) is 9.98 Å². The van der Waals surface area contributed by atoms with Crippen LogP contribution in [-0.4, -0.2) is 68.7 Å². The van der Waals surface area contributed by atoms with Gasteiger partial charge in [-0.1, -0.05) is 0 Å². The number of nitrogens with zero attached hydrogens (tertiary/aromatic N) is 2. The molecule has 0 aliphatic rings. The van der Waals surface area contributed by atoms with Crippen molar-refractivity contribution in [3.05, 3.63) is 0 Å². The SMILES string of the molecule is NC(N)=NCCCNCCCNCCCN=C(N)N.O=S(=O)(O)O. The van der Waals surface area contributed by atoms with Crippen LogP contribution in [-0.2, 0) is 10.4 Å². The molecule has 0 aromatic heterocycles. The third kappa shape index (κ3) is 37.0. The molecular formula is C11H30N8O4S. The molecule has 0 rings (SSSR count). The lowest BCUT2D eigenvalue weighted by Gasteiger charge is -2.05. The number of nitrogens with two attached hydrogens (primary N) is 4. The van der Waals surface area contributed by atoms with Crippen molar-refractivity contribution in [1.82, 2.24) is 10.6 Å². The van der Waals surface area contributed by atoms with Crippen LogP contribution in [0.5, 0.6) is 0 Å². The third-order valence-electron chi connectivity index (χ3n) is 2.32. The van der Waals surface area contributed by atoms with E-state index >= 15 is 0 Å². The molecule has 0 aromatic rings. The fourth-order valence-electron chi connectivity index (χ4n) is 1.41. The minimum absolute atomic E-state index is 0.157. The van der Waals surface area contributed by atoms with Gasteiger partial charge in [0.15, 0.2) is 11.9 Å². The van der Waals surface area contributed by atoms with Crippen LogP contribution >= 0.6 is 0 Å². The van der Waals surface area contributed by atoms with Gasteiger partial charge in [0.2, 0.25) is 0 Å². The molecule has 0 unspecified atom stereocenters. The largest absolute Gasteiger partial charge is 0.394 e. The number of guanidine groups is 2. The highest BCUT2D eigenvalue weighted by molar-refractivity contribution is 7.79. The first-order valence-corrected chi connectivity index (χ1v) is 8.74. The molecule has 13 heteroatoms. The topological polar surface area (TPSA) is 227 Å². The summed E-state index contributed by atoms with van der Waals surface area (Å²) < 4.78 is 31.6. The Balaban J connectivity index is 0. The zero-order valence-corrected chi connectivity index (χ0v) is 14.5. The first kappa shape index (κ1) is 24.6. The number of nitrogens with one attached hydrogen (secondary N) is 2. The molecule has 0 spiro atoms. The van der Waals surface area contributed by atoms with Gasteiger partial charge in [-0.05, 0) is 45.4 Å². The molecular weight excluding hydrogens is 340 g/mol. The highest BCUT2D eigenvalue weighted by atomic mass is 32.3. The smallest absolute Gasteiger partial charge is 0.370 e. The summed E-state index contributed by atoms with van der Waals surface area (Å²) in [7, 11) is -4.67. The highest BCUT2D eigenvalue weighted by Gasteiger charge is 1.90. The van der Waals surface area contributed by atoms with Crippen molar-refractivity contribution >= 4 is 22.3 Å². The second-order valence-corrected chi connectivity index (χ2v) is 5.52. The van der Waals surface area contributed by atoms with Gasteiger partial charge in [-0.3, -0.25) is 19.1 Å². The monoisotopic (exact) mass is 370 g/mol. The summed E-state index contributed by atoms with van der Waals surface area (Å²) in [5, 5.41) is 6.66. The lowest BCUT2D eigenvalue weighted by molar-refractivity contribution is 0.381. The number of aliphatic imine (C=N–C) groups is 2. The van der Waals surface area contributed by atoms with E-state index in [0.29, 0.717) is 13.1 Å². The van der Waals surface area contributed by atoms with Gasteiger partial charge < -0.3 is 33.6 Å². The molecule has 0 saturated heterocycles. The molecule has 0 aliphatic carbocycles. The van der Waals surface area contributed by atoms with Crippen molar-refractivity contribution in [2.24, 2.45) is 32.9 Å². The molecule has 0 radical (unpaired) electrons. The van der Waals surface area contributed by atoms with Crippen LogP contribution < -0.4 is 33.6 Å². The molecule has 0 atom stereocenters. The lowest BCUT2D eigenvalue weighted by atomic mass is 10.3. The Kier molecular flexibility index (Phi) is 16.6. The Labute approximate surface area is 142 Å². The zero-order valence-electron chi connectivity index (χ0n) is 13.7. The van der Waals surface area contributed by atoms with E-state index < -0.39 is 10.4 Å². The molecule has 0 bridgehead atoms. The minimum Gasteiger partial charge on any atom is -0.370 e. The van der Waals surface area contributed by atoms with Crippen LogP contribution in [0.3, 0.4) is 0 Å². The lowest BCUT2D eigenvalue weighted by Crippen LogP contribution is -2.25. The maximum Gasteiger partial charge on any atom is 0.394 e. The number of rotatable bonds is 12. The second kappa shape index (κ2) is 16.2. The zero-order chi connectivity index (χ0) is 18.8. The average molecular weight is 370 g/mol. The molecule has 12 N–H and O–H groups in total. The Morgan fingerprint density at radius 1 is 0.750 bits per heavy atom. The standard InChI is InChI=1S/C11H28N8.H2O4S/c12-10(13)18-8-2-6-16-4-1-5-17-7-3-9-19-11(14)15;1-5(2,3)4/h16-17H,1-9H2,(H4,12,13,18)(H4,14,15,19);(H2,1,2,3,4). The second-order valence-electron chi connectivity index (χ2n) is 4.62. The normalized spacial score (nSPS) is 10.4. The summed E-state index contributed by atoms with van der Waals surface area (Å²) in [6, 6.07) is 0. The van der Waals surface area contributed by atoms with E-state index in [-0.39, 0.29) is 11.9 Å². The predicted molar refractivity (Wildman–Crippen MR) is 95.1 cm³/mol. The summed E-state index contributed by atoms with van der Waals surface area (Å²) in [5.74, 6) is 0.315.